The average Bonchev–Trinajstić information content (AvgIpc) is 2.85. The molecule has 0 bridgehead atoms. The summed E-state index contributed by atoms with van der Waals surface area (Å²) >= 11 is 0. The summed E-state index contributed by atoms with van der Waals surface area (Å²) in [5.74, 6) is -8.67. The largest absolute Gasteiger partial charge is 0.573 e. The van der Waals surface area contributed by atoms with Crippen molar-refractivity contribution in [3.8, 4) is 22.6 Å². The van der Waals surface area contributed by atoms with Crippen molar-refractivity contribution in [3.63, 3.8) is 0 Å². The van der Waals surface area contributed by atoms with Gasteiger partial charge in [0.25, 0.3) is 0 Å². The molecule has 0 aliphatic heterocycles. The minimum atomic E-state index is -5.38. The van der Waals surface area contributed by atoms with Crippen molar-refractivity contribution < 1.29 is 49.0 Å². The summed E-state index contributed by atoms with van der Waals surface area (Å²) in [5, 5.41) is 0. The van der Waals surface area contributed by atoms with Crippen molar-refractivity contribution >= 4 is 0 Å². The number of halogens is 9. The van der Waals surface area contributed by atoms with Gasteiger partial charge in [-0.25, -0.2) is 17.6 Å². The first-order chi connectivity index (χ1) is 18.3. The van der Waals surface area contributed by atoms with E-state index in [2.05, 4.69) is 16.4 Å². The number of benzene rings is 3. The van der Waals surface area contributed by atoms with Gasteiger partial charge in [0, 0.05) is 5.56 Å². The van der Waals surface area contributed by atoms with E-state index in [-0.39, 0.29) is 17.0 Å². The molecular formula is C28H23F9O2. The number of hydrogen-bond donors (Lipinski definition) is 0. The Labute approximate surface area is 218 Å². The molecule has 0 radical (unpaired) electrons. The summed E-state index contributed by atoms with van der Waals surface area (Å²) < 4.78 is 134. The van der Waals surface area contributed by atoms with E-state index in [1.54, 1.807) is 0 Å². The van der Waals surface area contributed by atoms with Crippen molar-refractivity contribution in [1.29, 1.82) is 0 Å². The van der Waals surface area contributed by atoms with Crippen molar-refractivity contribution in [2.24, 2.45) is 5.92 Å². The number of alkyl halides is 5. The van der Waals surface area contributed by atoms with Gasteiger partial charge in [-0.05, 0) is 79.0 Å². The van der Waals surface area contributed by atoms with Crippen LogP contribution in [0.5, 0.6) is 11.5 Å². The minimum Gasteiger partial charge on any atom is -0.428 e. The highest BCUT2D eigenvalue weighted by molar-refractivity contribution is 5.71. The molecule has 0 atom stereocenters. The summed E-state index contributed by atoms with van der Waals surface area (Å²) in [7, 11) is 0. The highest BCUT2D eigenvalue weighted by Crippen LogP contribution is 2.43. The van der Waals surface area contributed by atoms with Gasteiger partial charge in [0.2, 0.25) is 5.75 Å². The van der Waals surface area contributed by atoms with Crippen molar-refractivity contribution in [2.45, 2.75) is 57.4 Å². The van der Waals surface area contributed by atoms with Crippen LogP contribution in [-0.4, -0.2) is 6.36 Å². The lowest BCUT2D eigenvalue weighted by Crippen LogP contribution is -2.26. The number of rotatable bonds is 7. The van der Waals surface area contributed by atoms with E-state index in [1.165, 1.54) is 12.1 Å². The van der Waals surface area contributed by atoms with Crippen LogP contribution in [0.25, 0.3) is 11.1 Å². The third kappa shape index (κ3) is 6.45. The molecule has 1 aliphatic rings. The van der Waals surface area contributed by atoms with Crippen LogP contribution in [0.1, 0.15) is 56.1 Å². The highest BCUT2D eigenvalue weighted by Gasteiger charge is 2.42. The Morgan fingerprint density at radius 3 is 1.85 bits per heavy atom. The maximum absolute atomic E-state index is 15.1. The van der Waals surface area contributed by atoms with E-state index in [1.807, 2.05) is 0 Å². The second-order valence-corrected chi connectivity index (χ2v) is 9.42. The van der Waals surface area contributed by atoms with Crippen molar-refractivity contribution in [3.05, 3.63) is 82.9 Å². The molecule has 2 nitrogen and oxygen atoms in total. The lowest BCUT2D eigenvalue weighted by molar-refractivity contribution is -0.276. The first-order valence-electron chi connectivity index (χ1n) is 12.2. The van der Waals surface area contributed by atoms with E-state index in [0.29, 0.717) is 30.9 Å². The van der Waals surface area contributed by atoms with Crippen LogP contribution < -0.4 is 9.47 Å². The molecule has 1 aliphatic carbocycles. The maximum Gasteiger partial charge on any atom is 0.573 e. The van der Waals surface area contributed by atoms with Gasteiger partial charge in [0.15, 0.2) is 11.6 Å². The number of hydrogen-bond acceptors (Lipinski definition) is 2. The normalized spacial score (nSPS) is 18.2. The molecule has 11 heteroatoms. The van der Waals surface area contributed by atoms with E-state index in [9.17, 15) is 30.7 Å². The molecule has 0 N–H and O–H groups in total. The lowest BCUT2D eigenvalue weighted by atomic mass is 9.77. The monoisotopic (exact) mass is 562 g/mol. The SMILES string of the molecule is CCC1CCC(c2cc(F)c(C(F)(F)Oc3ccccc3-c3cc(F)c(OC(F)(F)F)c(F)c3)c(F)c2)CC1. The Morgan fingerprint density at radius 2 is 1.31 bits per heavy atom. The molecular weight excluding hydrogens is 539 g/mol. The maximum atomic E-state index is 15.1. The summed E-state index contributed by atoms with van der Waals surface area (Å²) in [5.41, 5.74) is -2.23. The van der Waals surface area contributed by atoms with Gasteiger partial charge in [0.1, 0.15) is 22.9 Å². The van der Waals surface area contributed by atoms with Gasteiger partial charge in [-0.2, -0.15) is 8.78 Å². The zero-order chi connectivity index (χ0) is 28.5. The van der Waals surface area contributed by atoms with Crippen LogP contribution in [0.4, 0.5) is 39.5 Å². The van der Waals surface area contributed by atoms with E-state index in [4.69, 9.17) is 0 Å². The van der Waals surface area contributed by atoms with E-state index >= 15 is 8.78 Å². The Balaban J connectivity index is 1.63. The van der Waals surface area contributed by atoms with Gasteiger partial charge in [-0.3, -0.25) is 0 Å². The average molecular weight is 562 g/mol. The van der Waals surface area contributed by atoms with Crippen LogP contribution >= 0.6 is 0 Å². The Kier molecular flexibility index (Phi) is 8.09. The molecule has 0 unspecified atom stereocenters. The topological polar surface area (TPSA) is 18.5 Å². The standard InChI is InChI=1S/C28H23F9O2/c1-2-15-7-9-16(10-8-15)17-11-20(29)25(21(30)12-17)27(33,34)38-24-6-4-3-5-19(24)18-13-22(31)26(23(32)14-18)39-28(35,36)37/h3-6,11-16H,2,7-10H2,1H3. The minimum absolute atomic E-state index is 0.171. The summed E-state index contributed by atoms with van der Waals surface area (Å²) in [6, 6.07) is 7.11. The van der Waals surface area contributed by atoms with Crippen LogP contribution in [0.3, 0.4) is 0 Å². The second-order valence-electron chi connectivity index (χ2n) is 9.42. The van der Waals surface area contributed by atoms with E-state index < -0.39 is 58.4 Å². The number of ether oxygens (including phenoxy) is 2. The molecule has 0 amide bonds. The third-order valence-corrected chi connectivity index (χ3v) is 6.90. The second kappa shape index (κ2) is 11.0. The summed E-state index contributed by atoms with van der Waals surface area (Å²) in [4.78, 5) is 0. The van der Waals surface area contributed by atoms with Crippen LogP contribution in [0, 0.1) is 29.2 Å². The van der Waals surface area contributed by atoms with Gasteiger partial charge in [-0.1, -0.05) is 31.5 Å². The van der Waals surface area contributed by atoms with Crippen molar-refractivity contribution in [1.82, 2.24) is 0 Å². The molecule has 39 heavy (non-hydrogen) atoms. The fourth-order valence-corrected chi connectivity index (χ4v) is 4.92. The fraction of sp³-hybridized carbons (Fsp3) is 0.357. The molecule has 0 saturated heterocycles. The molecule has 1 fully saturated rings. The molecule has 0 heterocycles. The molecule has 4 rings (SSSR count). The number of para-hydroxylation sites is 1. The predicted molar refractivity (Wildman–Crippen MR) is 124 cm³/mol. The van der Waals surface area contributed by atoms with Crippen LogP contribution in [0.2, 0.25) is 0 Å². The van der Waals surface area contributed by atoms with Crippen LogP contribution in [-0.2, 0) is 6.11 Å². The molecule has 0 aromatic heterocycles. The Hall–Kier alpha value is -3.37. The molecule has 0 spiro atoms. The highest BCUT2D eigenvalue weighted by atomic mass is 19.4. The first kappa shape index (κ1) is 28.6. The van der Waals surface area contributed by atoms with Gasteiger partial charge >= 0.3 is 12.5 Å². The first-order valence-corrected chi connectivity index (χ1v) is 12.2. The third-order valence-electron chi connectivity index (χ3n) is 6.90. The summed E-state index contributed by atoms with van der Waals surface area (Å²) in [6.45, 7) is 2.06. The van der Waals surface area contributed by atoms with Gasteiger partial charge in [-0.15, -0.1) is 13.2 Å². The lowest BCUT2D eigenvalue weighted by Gasteiger charge is -2.28. The zero-order valence-electron chi connectivity index (χ0n) is 20.5. The quantitative estimate of drug-likeness (QED) is 0.267. The smallest absolute Gasteiger partial charge is 0.428 e. The summed E-state index contributed by atoms with van der Waals surface area (Å²) in [6.07, 6.45) is -5.86. The molecule has 3 aromatic carbocycles. The molecule has 210 valence electrons. The van der Waals surface area contributed by atoms with Crippen molar-refractivity contribution in [2.75, 3.05) is 0 Å². The van der Waals surface area contributed by atoms with Gasteiger partial charge < -0.3 is 9.47 Å². The molecule has 3 aromatic rings. The Bertz CT molecular complexity index is 1280. The van der Waals surface area contributed by atoms with Gasteiger partial charge in [0.05, 0.1) is 0 Å². The molecule has 1 saturated carbocycles. The predicted octanol–water partition coefficient (Wildman–Crippen LogP) is 9.62. The fourth-order valence-electron chi connectivity index (χ4n) is 4.92. The Morgan fingerprint density at radius 1 is 0.744 bits per heavy atom. The van der Waals surface area contributed by atoms with E-state index in [0.717, 1.165) is 43.5 Å². The van der Waals surface area contributed by atoms with Crippen LogP contribution in [0.15, 0.2) is 48.5 Å². The zero-order valence-corrected chi connectivity index (χ0v) is 20.5.